The van der Waals surface area contributed by atoms with Crippen molar-refractivity contribution in [1.82, 2.24) is 5.32 Å². The number of carboxylic acids is 1. The summed E-state index contributed by atoms with van der Waals surface area (Å²) in [6, 6.07) is 0.116. The molecule has 1 aliphatic rings. The van der Waals surface area contributed by atoms with Crippen LogP contribution in [0.3, 0.4) is 0 Å². The lowest BCUT2D eigenvalue weighted by Gasteiger charge is -2.23. The fourth-order valence-corrected chi connectivity index (χ4v) is 2.19. The second kappa shape index (κ2) is 3.03. The Morgan fingerprint density at radius 1 is 1.82 bits per heavy atom. The lowest BCUT2D eigenvalue weighted by molar-refractivity contribution is -0.137. The van der Waals surface area contributed by atoms with Crippen LogP contribution in [0.5, 0.6) is 0 Å². The van der Waals surface area contributed by atoms with Gasteiger partial charge in [0.25, 0.3) is 0 Å². The summed E-state index contributed by atoms with van der Waals surface area (Å²) < 4.78 is 0.0678. The fourth-order valence-electron chi connectivity index (χ4n) is 1.17. The molecule has 0 unspecified atom stereocenters. The molecular weight excluding hydrogens is 162 g/mol. The number of hydrogen-bond acceptors (Lipinski definition) is 3. The monoisotopic (exact) mass is 175 g/mol. The summed E-state index contributed by atoms with van der Waals surface area (Å²) in [7, 11) is 0. The lowest BCUT2D eigenvalue weighted by Crippen LogP contribution is -2.38. The van der Waals surface area contributed by atoms with E-state index in [2.05, 4.69) is 19.2 Å². The van der Waals surface area contributed by atoms with Crippen molar-refractivity contribution >= 4 is 17.7 Å². The molecule has 0 radical (unpaired) electrons. The third kappa shape index (κ3) is 2.10. The number of hydrogen-bond donors (Lipinski definition) is 2. The van der Waals surface area contributed by atoms with Crippen LogP contribution in [0.1, 0.15) is 20.3 Å². The van der Waals surface area contributed by atoms with Crippen molar-refractivity contribution in [3.63, 3.8) is 0 Å². The molecule has 0 spiro atoms. The summed E-state index contributed by atoms with van der Waals surface area (Å²) >= 11 is 1.78. The second-order valence-electron chi connectivity index (χ2n) is 3.25. The van der Waals surface area contributed by atoms with Crippen molar-refractivity contribution in [3.8, 4) is 0 Å². The van der Waals surface area contributed by atoms with Crippen molar-refractivity contribution in [1.29, 1.82) is 0 Å². The van der Waals surface area contributed by atoms with Crippen molar-refractivity contribution < 1.29 is 9.90 Å². The van der Waals surface area contributed by atoms with Gasteiger partial charge in [0.15, 0.2) is 0 Å². The first-order valence-electron chi connectivity index (χ1n) is 3.61. The number of thioether (sulfide) groups is 1. The summed E-state index contributed by atoms with van der Waals surface area (Å²) in [6.45, 7) is 4.15. The van der Waals surface area contributed by atoms with Crippen LogP contribution in [0.2, 0.25) is 0 Å². The number of nitrogens with one attached hydrogen (secondary N) is 1. The second-order valence-corrected chi connectivity index (χ2v) is 4.88. The van der Waals surface area contributed by atoms with Crippen LogP contribution in [0.25, 0.3) is 0 Å². The van der Waals surface area contributed by atoms with Crippen LogP contribution in [0.4, 0.5) is 0 Å². The van der Waals surface area contributed by atoms with Gasteiger partial charge in [-0.15, -0.1) is 11.8 Å². The molecule has 0 aromatic carbocycles. The molecule has 64 valence electrons. The Morgan fingerprint density at radius 2 is 2.45 bits per heavy atom. The maximum atomic E-state index is 10.4. The molecule has 0 saturated carbocycles. The Hall–Kier alpha value is -0.220. The predicted octanol–water partition coefficient (Wildman–Crippen LogP) is 0.902. The van der Waals surface area contributed by atoms with Crippen molar-refractivity contribution in [2.75, 3.05) is 5.88 Å². The zero-order valence-corrected chi connectivity index (χ0v) is 7.57. The zero-order chi connectivity index (χ0) is 8.48. The zero-order valence-electron chi connectivity index (χ0n) is 6.76. The molecule has 1 aliphatic heterocycles. The SMILES string of the molecule is CC1(C)SCN[C@@H]1CC(=O)O. The Bertz CT molecular complexity index is 170. The number of rotatable bonds is 2. The van der Waals surface area contributed by atoms with E-state index in [9.17, 15) is 4.79 Å². The van der Waals surface area contributed by atoms with Gasteiger partial charge in [-0.1, -0.05) is 0 Å². The minimum absolute atomic E-state index is 0.0678. The largest absolute Gasteiger partial charge is 0.481 e. The van der Waals surface area contributed by atoms with E-state index in [0.29, 0.717) is 0 Å². The number of aliphatic carboxylic acids is 1. The van der Waals surface area contributed by atoms with E-state index in [4.69, 9.17) is 5.11 Å². The van der Waals surface area contributed by atoms with Crippen LogP contribution in [-0.2, 0) is 4.79 Å². The molecule has 0 aliphatic carbocycles. The Labute approximate surface area is 70.6 Å². The summed E-state index contributed by atoms with van der Waals surface area (Å²) in [5.41, 5.74) is 0. The first kappa shape index (κ1) is 8.87. The molecule has 1 fully saturated rings. The third-order valence-electron chi connectivity index (χ3n) is 1.99. The van der Waals surface area contributed by atoms with Crippen molar-refractivity contribution in [2.45, 2.75) is 31.1 Å². The molecule has 3 nitrogen and oxygen atoms in total. The highest BCUT2D eigenvalue weighted by Crippen LogP contribution is 2.34. The van der Waals surface area contributed by atoms with Gasteiger partial charge in [-0.2, -0.15) is 0 Å². The molecule has 11 heavy (non-hydrogen) atoms. The molecule has 2 N–H and O–H groups in total. The van der Waals surface area contributed by atoms with Gasteiger partial charge in [-0.05, 0) is 13.8 Å². The summed E-state index contributed by atoms with van der Waals surface area (Å²) in [4.78, 5) is 10.4. The molecule has 4 heteroatoms. The molecule has 0 bridgehead atoms. The molecule has 0 aromatic rings. The highest BCUT2D eigenvalue weighted by Gasteiger charge is 2.36. The first-order chi connectivity index (χ1) is 5.02. The van der Waals surface area contributed by atoms with Gasteiger partial charge in [0.2, 0.25) is 0 Å². The summed E-state index contributed by atoms with van der Waals surface area (Å²) in [6.07, 6.45) is 0.222. The van der Waals surface area contributed by atoms with Gasteiger partial charge in [0.1, 0.15) is 0 Å². The van der Waals surface area contributed by atoms with Gasteiger partial charge >= 0.3 is 5.97 Å². The normalized spacial score (nSPS) is 28.7. The highest BCUT2D eigenvalue weighted by molar-refractivity contribution is 8.00. The van der Waals surface area contributed by atoms with Gasteiger partial charge in [-0.3, -0.25) is 4.79 Å². The topological polar surface area (TPSA) is 49.3 Å². The average molecular weight is 175 g/mol. The standard InChI is InChI=1S/C7H13NO2S/c1-7(2)5(3-6(9)10)8-4-11-7/h5,8H,3-4H2,1-2H3,(H,9,10)/t5-/m1/s1. The molecule has 1 saturated heterocycles. The van der Waals surface area contributed by atoms with E-state index >= 15 is 0 Å². The molecule has 1 rings (SSSR count). The Morgan fingerprint density at radius 3 is 2.82 bits per heavy atom. The van der Waals surface area contributed by atoms with Crippen LogP contribution in [-0.4, -0.2) is 27.7 Å². The quantitative estimate of drug-likeness (QED) is 0.654. The van der Waals surface area contributed by atoms with Crippen LogP contribution < -0.4 is 5.32 Å². The Balaban J connectivity index is 2.51. The van der Waals surface area contributed by atoms with Crippen LogP contribution >= 0.6 is 11.8 Å². The van der Waals surface area contributed by atoms with E-state index in [0.717, 1.165) is 5.88 Å². The van der Waals surface area contributed by atoms with Crippen LogP contribution in [0, 0.1) is 0 Å². The first-order valence-corrected chi connectivity index (χ1v) is 4.60. The minimum Gasteiger partial charge on any atom is -0.481 e. The smallest absolute Gasteiger partial charge is 0.304 e. The van der Waals surface area contributed by atoms with Gasteiger partial charge in [0.05, 0.1) is 6.42 Å². The van der Waals surface area contributed by atoms with E-state index in [1.807, 2.05) is 0 Å². The maximum Gasteiger partial charge on any atom is 0.304 e. The molecule has 1 heterocycles. The van der Waals surface area contributed by atoms with Gasteiger partial charge < -0.3 is 10.4 Å². The predicted molar refractivity (Wildman–Crippen MR) is 45.7 cm³/mol. The fraction of sp³-hybridized carbons (Fsp3) is 0.857. The molecule has 0 aromatic heterocycles. The Kier molecular flexibility index (Phi) is 2.44. The maximum absolute atomic E-state index is 10.4. The van der Waals surface area contributed by atoms with E-state index < -0.39 is 5.97 Å². The van der Waals surface area contributed by atoms with Gasteiger partial charge in [-0.25, -0.2) is 0 Å². The van der Waals surface area contributed by atoms with Crippen molar-refractivity contribution in [3.05, 3.63) is 0 Å². The lowest BCUT2D eigenvalue weighted by atomic mass is 10.0. The van der Waals surface area contributed by atoms with E-state index in [1.165, 1.54) is 0 Å². The van der Waals surface area contributed by atoms with Crippen LogP contribution in [0.15, 0.2) is 0 Å². The number of carbonyl (C=O) groups is 1. The average Bonchev–Trinajstić information content (AvgIpc) is 2.10. The summed E-state index contributed by atoms with van der Waals surface area (Å²) in [5.74, 6) is 0.142. The summed E-state index contributed by atoms with van der Waals surface area (Å²) in [5, 5.41) is 11.7. The van der Waals surface area contributed by atoms with Gasteiger partial charge in [0, 0.05) is 16.7 Å². The molecule has 0 amide bonds. The highest BCUT2D eigenvalue weighted by atomic mass is 32.2. The minimum atomic E-state index is -0.724. The molecular formula is C7H13NO2S. The van der Waals surface area contributed by atoms with Crippen molar-refractivity contribution in [2.24, 2.45) is 0 Å². The third-order valence-corrected chi connectivity index (χ3v) is 3.33. The molecule has 1 atom stereocenters. The number of carboxylic acid groups (broad SMARTS) is 1. The van der Waals surface area contributed by atoms with E-state index in [1.54, 1.807) is 11.8 Å². The van der Waals surface area contributed by atoms with E-state index in [-0.39, 0.29) is 17.2 Å².